The molecule has 21 heavy (non-hydrogen) atoms. The van der Waals surface area contributed by atoms with Crippen LogP contribution < -0.4 is 5.73 Å². The lowest BCUT2D eigenvalue weighted by Gasteiger charge is -2.34. The third kappa shape index (κ3) is 2.21. The average molecular weight is 286 g/mol. The summed E-state index contributed by atoms with van der Waals surface area (Å²) in [4.78, 5) is 9.07. The van der Waals surface area contributed by atoms with E-state index in [0.29, 0.717) is 17.8 Å². The molecule has 0 amide bonds. The number of fused-ring (bicyclic) bond motifs is 1. The maximum Gasteiger partial charge on any atom is 0.146 e. The van der Waals surface area contributed by atoms with Gasteiger partial charge in [-0.1, -0.05) is 13.8 Å². The lowest BCUT2D eigenvalue weighted by atomic mass is 9.79. The summed E-state index contributed by atoms with van der Waals surface area (Å²) in [5.41, 5.74) is 9.72. The van der Waals surface area contributed by atoms with Crippen LogP contribution in [0, 0.1) is 32.6 Å². The third-order valence-corrected chi connectivity index (χ3v) is 5.25. The topological polar surface area (TPSA) is 56.7 Å². The van der Waals surface area contributed by atoms with E-state index in [9.17, 15) is 0 Å². The summed E-state index contributed by atoms with van der Waals surface area (Å²) >= 11 is 0. The Kier molecular flexibility index (Phi) is 3.42. The molecular weight excluding hydrogens is 260 g/mol. The van der Waals surface area contributed by atoms with Gasteiger partial charge in [-0.25, -0.2) is 9.97 Å². The minimum atomic E-state index is 0.533. The van der Waals surface area contributed by atoms with Crippen LogP contribution in [0.3, 0.4) is 0 Å². The van der Waals surface area contributed by atoms with Gasteiger partial charge < -0.3 is 10.3 Å². The van der Waals surface area contributed by atoms with Crippen LogP contribution in [0.25, 0.3) is 11.0 Å². The molecule has 0 aliphatic heterocycles. The van der Waals surface area contributed by atoms with Gasteiger partial charge in [-0.05, 0) is 57.4 Å². The molecule has 2 N–H and O–H groups in total. The summed E-state index contributed by atoms with van der Waals surface area (Å²) < 4.78 is 2.44. The molecule has 0 aromatic carbocycles. The molecule has 0 bridgehead atoms. The van der Waals surface area contributed by atoms with E-state index in [2.05, 4.69) is 37.2 Å². The molecule has 3 atom stereocenters. The van der Waals surface area contributed by atoms with E-state index in [1.54, 1.807) is 0 Å². The van der Waals surface area contributed by atoms with Gasteiger partial charge in [0.15, 0.2) is 0 Å². The molecule has 4 heteroatoms. The Morgan fingerprint density at radius 1 is 1.10 bits per heavy atom. The first-order valence-electron chi connectivity index (χ1n) is 8.01. The summed E-state index contributed by atoms with van der Waals surface area (Å²) in [5, 5.41) is 1.05. The highest BCUT2D eigenvalue weighted by Crippen LogP contribution is 2.41. The van der Waals surface area contributed by atoms with Crippen molar-refractivity contribution in [1.29, 1.82) is 0 Å². The van der Waals surface area contributed by atoms with Gasteiger partial charge >= 0.3 is 0 Å². The zero-order valence-corrected chi connectivity index (χ0v) is 13.8. The summed E-state index contributed by atoms with van der Waals surface area (Å²) in [5.74, 6) is 2.89. The molecule has 3 unspecified atom stereocenters. The first-order valence-corrected chi connectivity index (χ1v) is 8.01. The zero-order valence-electron chi connectivity index (χ0n) is 13.8. The van der Waals surface area contributed by atoms with Gasteiger partial charge in [0, 0.05) is 11.7 Å². The van der Waals surface area contributed by atoms with Crippen LogP contribution in [0.1, 0.15) is 56.2 Å². The Morgan fingerprint density at radius 2 is 1.81 bits per heavy atom. The van der Waals surface area contributed by atoms with Crippen LogP contribution in [0.2, 0.25) is 0 Å². The molecule has 2 aromatic heterocycles. The van der Waals surface area contributed by atoms with E-state index >= 15 is 0 Å². The summed E-state index contributed by atoms with van der Waals surface area (Å²) in [7, 11) is 0. The van der Waals surface area contributed by atoms with E-state index in [-0.39, 0.29) is 0 Å². The number of aromatic nitrogens is 3. The van der Waals surface area contributed by atoms with E-state index in [1.807, 2.05) is 6.92 Å². The largest absolute Gasteiger partial charge is 0.383 e. The normalized spacial score (nSPS) is 26.4. The highest BCUT2D eigenvalue weighted by atomic mass is 15.1. The van der Waals surface area contributed by atoms with Crippen molar-refractivity contribution in [3.63, 3.8) is 0 Å². The van der Waals surface area contributed by atoms with Crippen LogP contribution in [0.5, 0.6) is 0 Å². The van der Waals surface area contributed by atoms with Crippen molar-refractivity contribution in [2.75, 3.05) is 5.73 Å². The predicted octanol–water partition coefficient (Wildman–Crippen LogP) is 3.94. The third-order valence-electron chi connectivity index (χ3n) is 5.25. The van der Waals surface area contributed by atoms with Crippen molar-refractivity contribution in [3.8, 4) is 0 Å². The molecule has 0 spiro atoms. The van der Waals surface area contributed by atoms with Crippen molar-refractivity contribution in [3.05, 3.63) is 17.1 Å². The molecule has 1 aliphatic rings. The standard InChI is InChI=1S/C17H26N4/c1-9-6-7-14(10(2)8-9)21-12(4)11(3)15-16(18)19-13(5)20-17(15)21/h9-10,14H,6-8H2,1-5H3,(H2,18,19,20). The smallest absolute Gasteiger partial charge is 0.146 e. The van der Waals surface area contributed by atoms with Gasteiger partial charge in [0.2, 0.25) is 0 Å². The second kappa shape index (κ2) is 5.00. The average Bonchev–Trinajstić information content (AvgIpc) is 2.63. The van der Waals surface area contributed by atoms with Gasteiger partial charge in [0.1, 0.15) is 17.3 Å². The summed E-state index contributed by atoms with van der Waals surface area (Å²) in [6, 6.07) is 0.533. The van der Waals surface area contributed by atoms with Crippen molar-refractivity contribution in [1.82, 2.24) is 14.5 Å². The number of hydrogen-bond donors (Lipinski definition) is 1. The molecule has 4 nitrogen and oxygen atoms in total. The van der Waals surface area contributed by atoms with E-state index in [1.165, 1.54) is 30.5 Å². The van der Waals surface area contributed by atoms with Gasteiger partial charge in [-0.15, -0.1) is 0 Å². The second-order valence-electron chi connectivity index (χ2n) is 6.90. The molecule has 0 radical (unpaired) electrons. The van der Waals surface area contributed by atoms with Crippen LogP contribution in [-0.4, -0.2) is 14.5 Å². The van der Waals surface area contributed by atoms with Crippen molar-refractivity contribution in [2.24, 2.45) is 11.8 Å². The maximum absolute atomic E-state index is 6.16. The Morgan fingerprint density at radius 3 is 2.48 bits per heavy atom. The van der Waals surface area contributed by atoms with Crippen LogP contribution >= 0.6 is 0 Å². The van der Waals surface area contributed by atoms with Crippen molar-refractivity contribution < 1.29 is 0 Å². The first kappa shape index (κ1) is 14.4. The fourth-order valence-corrected chi connectivity index (χ4v) is 4.07. The van der Waals surface area contributed by atoms with E-state index in [0.717, 1.165) is 22.8 Å². The molecule has 2 heterocycles. The number of nitrogens with zero attached hydrogens (tertiary/aromatic N) is 3. The van der Waals surface area contributed by atoms with Gasteiger partial charge in [0.05, 0.1) is 5.39 Å². The molecule has 1 fully saturated rings. The monoisotopic (exact) mass is 286 g/mol. The summed E-state index contributed by atoms with van der Waals surface area (Å²) in [6.45, 7) is 11.0. The van der Waals surface area contributed by atoms with Gasteiger partial charge in [-0.3, -0.25) is 0 Å². The number of nitrogens with two attached hydrogens (primary N) is 1. The number of anilines is 1. The number of aryl methyl sites for hydroxylation is 2. The Hall–Kier alpha value is -1.58. The van der Waals surface area contributed by atoms with E-state index < -0.39 is 0 Å². The predicted molar refractivity (Wildman–Crippen MR) is 87.4 cm³/mol. The molecule has 2 aromatic rings. The fourth-order valence-electron chi connectivity index (χ4n) is 4.07. The molecule has 3 rings (SSSR count). The minimum Gasteiger partial charge on any atom is -0.383 e. The highest BCUT2D eigenvalue weighted by Gasteiger charge is 2.30. The summed E-state index contributed by atoms with van der Waals surface area (Å²) in [6.07, 6.45) is 3.82. The van der Waals surface area contributed by atoms with Gasteiger partial charge in [-0.2, -0.15) is 0 Å². The lowest BCUT2D eigenvalue weighted by molar-refractivity contribution is 0.209. The number of nitrogen functional groups attached to an aromatic ring is 1. The van der Waals surface area contributed by atoms with Gasteiger partial charge in [0.25, 0.3) is 0 Å². The Labute approximate surface area is 126 Å². The first-order chi connectivity index (χ1) is 9.90. The molecular formula is C17H26N4. The molecule has 1 saturated carbocycles. The quantitative estimate of drug-likeness (QED) is 0.864. The molecule has 1 aliphatic carbocycles. The minimum absolute atomic E-state index is 0.533. The van der Waals surface area contributed by atoms with Crippen molar-refractivity contribution in [2.45, 2.75) is 59.9 Å². The molecule has 0 saturated heterocycles. The Bertz CT molecular complexity index is 686. The van der Waals surface area contributed by atoms with Crippen molar-refractivity contribution >= 4 is 16.9 Å². The zero-order chi connectivity index (χ0) is 15.3. The van der Waals surface area contributed by atoms with Crippen LogP contribution in [0.15, 0.2) is 0 Å². The van der Waals surface area contributed by atoms with Crippen LogP contribution in [-0.2, 0) is 0 Å². The fraction of sp³-hybridized carbons (Fsp3) is 0.647. The second-order valence-corrected chi connectivity index (χ2v) is 6.90. The number of hydrogen-bond acceptors (Lipinski definition) is 3. The van der Waals surface area contributed by atoms with Crippen LogP contribution in [0.4, 0.5) is 5.82 Å². The Balaban J connectivity index is 2.21. The maximum atomic E-state index is 6.16. The SMILES string of the molecule is Cc1nc(N)c2c(C)c(C)n(C3CCC(C)CC3C)c2n1. The highest BCUT2D eigenvalue weighted by molar-refractivity contribution is 5.91. The number of rotatable bonds is 1. The van der Waals surface area contributed by atoms with E-state index in [4.69, 9.17) is 10.7 Å². The molecule has 114 valence electrons. The lowest BCUT2D eigenvalue weighted by Crippen LogP contribution is -2.25.